The van der Waals surface area contributed by atoms with Crippen molar-refractivity contribution in [2.24, 2.45) is 0 Å². The first-order valence-corrected chi connectivity index (χ1v) is 8.44. The molecule has 1 N–H and O–H groups in total. The molecule has 0 unspecified atom stereocenters. The van der Waals surface area contributed by atoms with Crippen molar-refractivity contribution in [2.45, 2.75) is 6.54 Å². The summed E-state index contributed by atoms with van der Waals surface area (Å²) in [4.78, 5) is 37.3. The van der Waals surface area contributed by atoms with Crippen LogP contribution in [0.3, 0.4) is 0 Å². The average molecular weight is 379 g/mol. The van der Waals surface area contributed by atoms with Crippen LogP contribution in [-0.4, -0.2) is 28.2 Å². The number of amides is 2. The molecule has 0 aliphatic carbocycles. The van der Waals surface area contributed by atoms with Crippen molar-refractivity contribution in [1.82, 2.24) is 4.90 Å². The Morgan fingerprint density at radius 1 is 1.00 bits per heavy atom. The van der Waals surface area contributed by atoms with E-state index < -0.39 is 16.7 Å². The highest BCUT2D eigenvalue weighted by Gasteiger charge is 2.26. The Hall–Kier alpha value is -3.94. The third kappa shape index (κ3) is 4.61. The number of hydrogen-bond donors (Lipinski definition) is 1. The maximum Gasteiger partial charge on any atom is 0.282 e. The Morgan fingerprint density at radius 2 is 1.71 bits per heavy atom. The summed E-state index contributed by atoms with van der Waals surface area (Å²) >= 11 is 0. The van der Waals surface area contributed by atoms with Gasteiger partial charge in [-0.15, -0.1) is 0 Å². The Kier molecular flexibility index (Phi) is 5.81. The third-order valence-corrected chi connectivity index (χ3v) is 3.94. The molecule has 0 saturated carbocycles. The largest absolute Gasteiger partial charge is 0.467 e. The molecule has 3 rings (SSSR count). The summed E-state index contributed by atoms with van der Waals surface area (Å²) in [7, 11) is 0. The van der Waals surface area contributed by atoms with Gasteiger partial charge in [0.05, 0.1) is 17.7 Å². The van der Waals surface area contributed by atoms with E-state index in [4.69, 9.17) is 4.42 Å². The molecule has 3 aromatic rings. The number of benzene rings is 2. The van der Waals surface area contributed by atoms with Crippen molar-refractivity contribution in [2.75, 3.05) is 11.9 Å². The van der Waals surface area contributed by atoms with Crippen LogP contribution in [0, 0.1) is 10.1 Å². The summed E-state index contributed by atoms with van der Waals surface area (Å²) in [6, 6.07) is 17.8. The molecular formula is C20H17N3O5. The quantitative estimate of drug-likeness (QED) is 0.500. The second-order valence-corrected chi connectivity index (χ2v) is 5.93. The summed E-state index contributed by atoms with van der Waals surface area (Å²) < 4.78 is 5.27. The summed E-state index contributed by atoms with van der Waals surface area (Å²) in [6.07, 6.45) is 1.45. The van der Waals surface area contributed by atoms with E-state index in [1.54, 1.807) is 36.4 Å². The van der Waals surface area contributed by atoms with E-state index in [1.165, 1.54) is 35.4 Å². The molecule has 8 heteroatoms. The molecule has 142 valence electrons. The second-order valence-electron chi connectivity index (χ2n) is 5.93. The Labute approximate surface area is 160 Å². The fourth-order valence-electron chi connectivity index (χ4n) is 2.67. The molecule has 0 radical (unpaired) electrons. The van der Waals surface area contributed by atoms with Crippen LogP contribution in [0.4, 0.5) is 11.4 Å². The first kappa shape index (κ1) is 18.8. The predicted octanol–water partition coefficient (Wildman–Crippen LogP) is 3.47. The molecule has 2 aromatic carbocycles. The van der Waals surface area contributed by atoms with Crippen molar-refractivity contribution < 1.29 is 18.9 Å². The number of nitro benzene ring substituents is 1. The van der Waals surface area contributed by atoms with Crippen LogP contribution in [0.1, 0.15) is 16.1 Å². The second kappa shape index (κ2) is 8.63. The van der Waals surface area contributed by atoms with Crippen LogP contribution < -0.4 is 5.32 Å². The zero-order valence-corrected chi connectivity index (χ0v) is 14.8. The van der Waals surface area contributed by atoms with Crippen molar-refractivity contribution in [3.8, 4) is 0 Å². The van der Waals surface area contributed by atoms with Gasteiger partial charge in [-0.1, -0.05) is 30.3 Å². The number of carbonyl (C=O) groups is 2. The molecule has 1 heterocycles. The smallest absolute Gasteiger partial charge is 0.282 e. The molecule has 0 atom stereocenters. The van der Waals surface area contributed by atoms with Crippen molar-refractivity contribution >= 4 is 23.2 Å². The lowest BCUT2D eigenvalue weighted by molar-refractivity contribution is -0.385. The lowest BCUT2D eigenvalue weighted by Crippen LogP contribution is -2.37. The molecule has 0 saturated heterocycles. The average Bonchev–Trinajstić information content (AvgIpc) is 3.20. The number of furan rings is 1. The van der Waals surface area contributed by atoms with E-state index in [-0.39, 0.29) is 24.3 Å². The minimum absolute atomic E-state index is 0.0000909. The van der Waals surface area contributed by atoms with Gasteiger partial charge in [-0.25, -0.2) is 0 Å². The van der Waals surface area contributed by atoms with Crippen LogP contribution in [0.15, 0.2) is 77.4 Å². The highest BCUT2D eigenvalue weighted by molar-refractivity contribution is 6.01. The first-order valence-electron chi connectivity index (χ1n) is 8.44. The number of para-hydroxylation sites is 2. The molecule has 0 spiro atoms. The molecule has 8 nitrogen and oxygen atoms in total. The maximum atomic E-state index is 13.0. The number of rotatable bonds is 7. The van der Waals surface area contributed by atoms with Crippen molar-refractivity contribution in [3.05, 3.63) is 94.4 Å². The van der Waals surface area contributed by atoms with E-state index in [1.807, 2.05) is 6.07 Å². The number of nitrogens with zero attached hydrogens (tertiary/aromatic N) is 2. The molecule has 0 bridgehead atoms. The fourth-order valence-corrected chi connectivity index (χ4v) is 2.67. The summed E-state index contributed by atoms with van der Waals surface area (Å²) in [6.45, 7) is -0.291. The van der Waals surface area contributed by atoms with Gasteiger partial charge in [0, 0.05) is 11.8 Å². The topological polar surface area (TPSA) is 106 Å². The molecule has 0 fully saturated rings. The first-order chi connectivity index (χ1) is 13.5. The van der Waals surface area contributed by atoms with Crippen molar-refractivity contribution in [1.29, 1.82) is 0 Å². The van der Waals surface area contributed by atoms with E-state index in [0.717, 1.165) is 0 Å². The minimum Gasteiger partial charge on any atom is -0.467 e. The molecular weight excluding hydrogens is 362 g/mol. The van der Waals surface area contributed by atoms with Gasteiger partial charge in [0.2, 0.25) is 5.91 Å². The predicted molar refractivity (Wildman–Crippen MR) is 102 cm³/mol. The fraction of sp³-hybridized carbons (Fsp3) is 0.100. The standard InChI is InChI=1S/C20H17N3O5/c24-19(21-15-7-2-1-3-8-15)14-22(13-16-9-6-12-28-16)20(25)17-10-4-5-11-18(17)23(26)27/h1-12H,13-14H2,(H,21,24). The normalized spacial score (nSPS) is 10.3. The van der Waals surface area contributed by atoms with E-state index in [0.29, 0.717) is 11.4 Å². The van der Waals surface area contributed by atoms with Gasteiger partial charge in [-0.2, -0.15) is 0 Å². The SMILES string of the molecule is O=C(CN(Cc1ccco1)C(=O)c1ccccc1[N+](=O)[O-])Nc1ccccc1. The third-order valence-electron chi connectivity index (χ3n) is 3.94. The molecule has 0 aliphatic heterocycles. The lowest BCUT2D eigenvalue weighted by atomic mass is 10.1. The van der Waals surface area contributed by atoms with Gasteiger partial charge < -0.3 is 14.6 Å². The van der Waals surface area contributed by atoms with Crippen LogP contribution >= 0.6 is 0 Å². The number of carbonyl (C=O) groups excluding carboxylic acids is 2. The van der Waals surface area contributed by atoms with Gasteiger partial charge in [0.15, 0.2) is 0 Å². The molecule has 0 aliphatic rings. The van der Waals surface area contributed by atoms with Gasteiger partial charge in [0.25, 0.3) is 11.6 Å². The number of nitrogens with one attached hydrogen (secondary N) is 1. The van der Waals surface area contributed by atoms with E-state index in [2.05, 4.69) is 5.32 Å². The van der Waals surface area contributed by atoms with E-state index in [9.17, 15) is 19.7 Å². The highest BCUT2D eigenvalue weighted by Crippen LogP contribution is 2.21. The van der Waals surface area contributed by atoms with Crippen LogP contribution in [-0.2, 0) is 11.3 Å². The van der Waals surface area contributed by atoms with Gasteiger partial charge in [-0.3, -0.25) is 19.7 Å². The number of anilines is 1. The number of nitro groups is 1. The highest BCUT2D eigenvalue weighted by atomic mass is 16.6. The van der Waals surface area contributed by atoms with Gasteiger partial charge in [-0.05, 0) is 30.3 Å². The molecule has 1 aromatic heterocycles. The Bertz CT molecular complexity index is 971. The van der Waals surface area contributed by atoms with Crippen molar-refractivity contribution in [3.63, 3.8) is 0 Å². The Balaban J connectivity index is 1.83. The monoisotopic (exact) mass is 379 g/mol. The zero-order valence-electron chi connectivity index (χ0n) is 14.8. The van der Waals surface area contributed by atoms with E-state index >= 15 is 0 Å². The maximum absolute atomic E-state index is 13.0. The Morgan fingerprint density at radius 3 is 2.39 bits per heavy atom. The van der Waals surface area contributed by atoms with Crippen LogP contribution in [0.5, 0.6) is 0 Å². The van der Waals surface area contributed by atoms with Gasteiger partial charge >= 0.3 is 0 Å². The zero-order chi connectivity index (χ0) is 19.9. The van der Waals surface area contributed by atoms with Crippen LogP contribution in [0.25, 0.3) is 0 Å². The summed E-state index contributed by atoms with van der Waals surface area (Å²) in [5.41, 5.74) is 0.176. The summed E-state index contributed by atoms with van der Waals surface area (Å²) in [5, 5.41) is 14.0. The number of hydrogen-bond acceptors (Lipinski definition) is 5. The molecule has 28 heavy (non-hydrogen) atoms. The minimum atomic E-state index is -0.632. The lowest BCUT2D eigenvalue weighted by Gasteiger charge is -2.21. The van der Waals surface area contributed by atoms with Crippen LogP contribution in [0.2, 0.25) is 0 Å². The van der Waals surface area contributed by atoms with Gasteiger partial charge in [0.1, 0.15) is 17.9 Å². The molecule has 2 amide bonds. The summed E-state index contributed by atoms with van der Waals surface area (Å²) in [5.74, 6) is -0.601.